The molecular formula is C11H20F4N2O. The van der Waals surface area contributed by atoms with Crippen molar-refractivity contribution in [3.63, 3.8) is 0 Å². The second-order valence-electron chi connectivity index (χ2n) is 4.59. The topological polar surface area (TPSA) is 55.1 Å². The van der Waals surface area contributed by atoms with Gasteiger partial charge in [0.15, 0.2) is 0 Å². The smallest absolute Gasteiger partial charge is 0.324 e. The van der Waals surface area contributed by atoms with Crippen molar-refractivity contribution >= 4 is 5.91 Å². The van der Waals surface area contributed by atoms with E-state index in [0.717, 1.165) is 6.42 Å². The van der Waals surface area contributed by atoms with Crippen molar-refractivity contribution in [2.45, 2.75) is 51.5 Å². The van der Waals surface area contributed by atoms with E-state index >= 15 is 0 Å². The summed E-state index contributed by atoms with van der Waals surface area (Å²) in [6.07, 6.45) is -1.86. The average molecular weight is 272 g/mol. The lowest BCUT2D eigenvalue weighted by molar-refractivity contribution is -0.138. The summed E-state index contributed by atoms with van der Waals surface area (Å²) in [7, 11) is 0. The lowest BCUT2D eigenvalue weighted by Crippen LogP contribution is -2.43. The van der Waals surface area contributed by atoms with Crippen LogP contribution in [0.4, 0.5) is 17.6 Å². The minimum atomic E-state index is -4.18. The van der Waals surface area contributed by atoms with Gasteiger partial charge in [0.25, 0.3) is 0 Å². The molecule has 2 unspecified atom stereocenters. The zero-order chi connectivity index (χ0) is 14.3. The van der Waals surface area contributed by atoms with Gasteiger partial charge < -0.3 is 11.1 Å². The van der Waals surface area contributed by atoms with E-state index in [1.165, 1.54) is 0 Å². The van der Waals surface area contributed by atoms with Gasteiger partial charge in [-0.1, -0.05) is 13.3 Å². The van der Waals surface area contributed by atoms with E-state index in [1.807, 2.05) is 12.2 Å². The van der Waals surface area contributed by atoms with E-state index < -0.39 is 30.7 Å². The molecule has 0 saturated carbocycles. The monoisotopic (exact) mass is 272 g/mol. The van der Waals surface area contributed by atoms with Gasteiger partial charge in [-0.05, 0) is 19.8 Å². The zero-order valence-electron chi connectivity index (χ0n) is 10.6. The second kappa shape index (κ2) is 7.56. The first-order valence-corrected chi connectivity index (χ1v) is 5.86. The average Bonchev–Trinajstić information content (AvgIpc) is 2.25. The Morgan fingerprint density at radius 3 is 2.28 bits per heavy atom. The fraction of sp³-hybridized carbons (Fsp3) is 0.909. The molecule has 0 rings (SSSR count). The maximum Gasteiger partial charge on any atom is 0.324 e. The number of hydrogen-bond donors (Lipinski definition) is 2. The third-order valence-electron chi connectivity index (χ3n) is 2.56. The normalized spacial score (nSPS) is 15.6. The fourth-order valence-electron chi connectivity index (χ4n) is 1.33. The van der Waals surface area contributed by atoms with Crippen LogP contribution in [0.15, 0.2) is 0 Å². The maximum absolute atomic E-state index is 12.5. The predicted octanol–water partition coefficient (Wildman–Crippen LogP) is 2.16. The van der Waals surface area contributed by atoms with Crippen LogP contribution in [-0.4, -0.2) is 30.8 Å². The lowest BCUT2D eigenvalue weighted by atomic mass is 10.0. The lowest BCUT2D eigenvalue weighted by Gasteiger charge is -2.18. The number of alkyl halides is 4. The van der Waals surface area contributed by atoms with Crippen LogP contribution in [0.25, 0.3) is 0 Å². The van der Waals surface area contributed by atoms with Crippen LogP contribution in [0, 0.1) is 5.92 Å². The summed E-state index contributed by atoms with van der Waals surface area (Å²) in [5.74, 6) is -5.31. The van der Waals surface area contributed by atoms with Crippen molar-refractivity contribution in [1.29, 1.82) is 0 Å². The van der Waals surface area contributed by atoms with Gasteiger partial charge in [-0.25, -0.2) is 8.78 Å². The van der Waals surface area contributed by atoms with Crippen molar-refractivity contribution in [2.75, 3.05) is 6.54 Å². The molecule has 0 bridgehead atoms. The predicted molar refractivity (Wildman–Crippen MR) is 60.6 cm³/mol. The highest BCUT2D eigenvalue weighted by molar-refractivity contribution is 5.78. The minimum Gasteiger partial charge on any atom is -0.350 e. The molecule has 0 aromatic heterocycles. The van der Waals surface area contributed by atoms with E-state index in [-0.39, 0.29) is 6.04 Å². The van der Waals surface area contributed by atoms with Gasteiger partial charge in [0.05, 0.1) is 6.54 Å². The van der Waals surface area contributed by atoms with E-state index in [4.69, 9.17) is 5.73 Å². The van der Waals surface area contributed by atoms with Crippen LogP contribution in [0.3, 0.4) is 0 Å². The summed E-state index contributed by atoms with van der Waals surface area (Å²) in [4.78, 5) is 11.4. The van der Waals surface area contributed by atoms with Crippen LogP contribution >= 0.6 is 0 Å². The summed E-state index contributed by atoms with van der Waals surface area (Å²) in [5, 5.41) is 1.84. The van der Waals surface area contributed by atoms with Gasteiger partial charge in [-0.3, -0.25) is 4.79 Å². The Morgan fingerprint density at radius 2 is 1.83 bits per heavy atom. The summed E-state index contributed by atoms with van der Waals surface area (Å²) >= 11 is 0. The number of nitrogens with one attached hydrogen (secondary N) is 1. The Kier molecular flexibility index (Phi) is 7.20. The van der Waals surface area contributed by atoms with Crippen molar-refractivity contribution in [1.82, 2.24) is 5.32 Å². The molecule has 0 spiro atoms. The largest absolute Gasteiger partial charge is 0.350 e. The van der Waals surface area contributed by atoms with Crippen LogP contribution < -0.4 is 11.1 Å². The Morgan fingerprint density at radius 1 is 1.28 bits per heavy atom. The molecule has 0 heterocycles. The van der Waals surface area contributed by atoms with Gasteiger partial charge in [0.1, 0.15) is 0 Å². The third-order valence-corrected chi connectivity index (χ3v) is 2.56. The molecule has 3 N–H and O–H groups in total. The van der Waals surface area contributed by atoms with E-state index in [9.17, 15) is 22.4 Å². The summed E-state index contributed by atoms with van der Waals surface area (Å²) < 4.78 is 48.8. The number of carbonyl (C=O) groups excluding carboxylic acids is 1. The van der Waals surface area contributed by atoms with Crippen molar-refractivity contribution in [3.05, 3.63) is 0 Å². The number of hydrogen-bond acceptors (Lipinski definition) is 2. The zero-order valence-corrected chi connectivity index (χ0v) is 10.6. The van der Waals surface area contributed by atoms with Gasteiger partial charge in [-0.2, -0.15) is 8.78 Å². The second-order valence-corrected chi connectivity index (χ2v) is 4.59. The fourth-order valence-corrected chi connectivity index (χ4v) is 1.33. The Hall–Kier alpha value is -0.850. The van der Waals surface area contributed by atoms with Crippen molar-refractivity contribution in [3.8, 4) is 0 Å². The van der Waals surface area contributed by atoms with Crippen LogP contribution in [-0.2, 0) is 4.79 Å². The highest BCUT2D eigenvalue weighted by atomic mass is 19.3. The standard InChI is InChI=1S/C11H20F4N2O/c1-7(4-3-5-8(2)16)9(18)17-6-11(14,15)10(12)13/h7-8,10H,3-6,16H2,1-2H3,(H,17,18). The molecule has 0 aromatic rings. The minimum absolute atomic E-state index is 0.0171. The molecule has 1 amide bonds. The summed E-state index contributed by atoms with van der Waals surface area (Å²) in [6.45, 7) is 2.06. The Balaban J connectivity index is 3.95. The number of carbonyl (C=O) groups is 1. The molecule has 0 aliphatic carbocycles. The first-order chi connectivity index (χ1) is 8.16. The highest BCUT2D eigenvalue weighted by Crippen LogP contribution is 2.21. The molecular weight excluding hydrogens is 252 g/mol. The molecule has 7 heteroatoms. The molecule has 0 aliphatic heterocycles. The van der Waals surface area contributed by atoms with Gasteiger partial charge in [-0.15, -0.1) is 0 Å². The molecule has 0 saturated heterocycles. The molecule has 18 heavy (non-hydrogen) atoms. The Labute approximate surface area is 104 Å². The molecule has 108 valence electrons. The highest BCUT2D eigenvalue weighted by Gasteiger charge is 2.41. The van der Waals surface area contributed by atoms with E-state index in [1.54, 1.807) is 6.92 Å². The molecule has 2 atom stereocenters. The van der Waals surface area contributed by atoms with E-state index in [0.29, 0.717) is 12.8 Å². The van der Waals surface area contributed by atoms with Gasteiger partial charge in [0.2, 0.25) is 5.91 Å². The quantitative estimate of drug-likeness (QED) is 0.665. The number of nitrogens with two attached hydrogens (primary N) is 1. The Bertz CT molecular complexity index is 259. The maximum atomic E-state index is 12.5. The molecule has 0 aromatic carbocycles. The molecule has 0 fully saturated rings. The van der Waals surface area contributed by atoms with Crippen molar-refractivity contribution < 1.29 is 22.4 Å². The van der Waals surface area contributed by atoms with Crippen LogP contribution in [0.5, 0.6) is 0 Å². The van der Waals surface area contributed by atoms with E-state index in [2.05, 4.69) is 0 Å². The van der Waals surface area contributed by atoms with Crippen LogP contribution in [0.2, 0.25) is 0 Å². The number of halogens is 4. The molecule has 0 radical (unpaired) electrons. The SMILES string of the molecule is CC(N)CCCC(C)C(=O)NCC(F)(F)C(F)F. The number of rotatable bonds is 8. The van der Waals surface area contributed by atoms with Crippen molar-refractivity contribution in [2.24, 2.45) is 11.7 Å². The molecule has 0 aliphatic rings. The summed E-state index contributed by atoms with van der Waals surface area (Å²) in [5.41, 5.74) is 5.52. The third kappa shape index (κ3) is 6.78. The number of amides is 1. The molecule has 3 nitrogen and oxygen atoms in total. The first-order valence-electron chi connectivity index (χ1n) is 5.86. The van der Waals surface area contributed by atoms with Gasteiger partial charge in [0, 0.05) is 12.0 Å². The van der Waals surface area contributed by atoms with Crippen LogP contribution in [0.1, 0.15) is 33.1 Å². The summed E-state index contributed by atoms with van der Waals surface area (Å²) in [6, 6.07) is 0.0171. The van der Waals surface area contributed by atoms with Gasteiger partial charge >= 0.3 is 12.3 Å². The first kappa shape index (κ1) is 17.2.